The lowest BCUT2D eigenvalue weighted by atomic mass is 10.2. The number of benzene rings is 1. The highest BCUT2D eigenvalue weighted by molar-refractivity contribution is 7.99. The summed E-state index contributed by atoms with van der Waals surface area (Å²) in [5.41, 5.74) is 2.94. The Balaban J connectivity index is 1.50. The second-order valence-corrected chi connectivity index (χ2v) is 8.44. The van der Waals surface area contributed by atoms with Gasteiger partial charge in [0.25, 0.3) is 5.91 Å². The number of carbonyl (C=O) groups is 1. The number of rotatable bonds is 5. The molecule has 150 valence electrons. The Hall–Kier alpha value is -2.67. The van der Waals surface area contributed by atoms with E-state index in [0.29, 0.717) is 17.1 Å². The SMILES string of the molecule is Cc1ccc(C)c(Sc2ncccc2C(=O)NCc2nnc3n2CCCCC3)c1. The molecule has 0 aliphatic carbocycles. The van der Waals surface area contributed by atoms with E-state index >= 15 is 0 Å². The summed E-state index contributed by atoms with van der Waals surface area (Å²) in [5.74, 6) is 1.71. The number of fused-ring (bicyclic) bond motifs is 1. The Labute approximate surface area is 175 Å². The number of aromatic nitrogens is 4. The summed E-state index contributed by atoms with van der Waals surface area (Å²) < 4.78 is 2.16. The Kier molecular flexibility index (Phi) is 5.94. The van der Waals surface area contributed by atoms with Crippen molar-refractivity contribution in [1.82, 2.24) is 25.1 Å². The van der Waals surface area contributed by atoms with Gasteiger partial charge in [0.05, 0.1) is 12.1 Å². The number of carbonyl (C=O) groups excluding carboxylic acids is 1. The molecule has 1 aliphatic heterocycles. The van der Waals surface area contributed by atoms with Crippen LogP contribution in [-0.2, 0) is 19.5 Å². The lowest BCUT2D eigenvalue weighted by Gasteiger charge is -2.11. The summed E-state index contributed by atoms with van der Waals surface area (Å²) in [6.45, 7) is 5.43. The molecular formula is C22H25N5OS. The topological polar surface area (TPSA) is 72.7 Å². The van der Waals surface area contributed by atoms with Gasteiger partial charge >= 0.3 is 0 Å². The molecule has 0 saturated carbocycles. The van der Waals surface area contributed by atoms with E-state index in [1.54, 1.807) is 12.3 Å². The maximum Gasteiger partial charge on any atom is 0.254 e. The van der Waals surface area contributed by atoms with Gasteiger partial charge in [-0.05, 0) is 56.0 Å². The van der Waals surface area contributed by atoms with Crippen LogP contribution in [0.2, 0.25) is 0 Å². The molecule has 6 nitrogen and oxygen atoms in total. The number of hydrogen-bond donors (Lipinski definition) is 1. The molecule has 0 radical (unpaired) electrons. The van der Waals surface area contributed by atoms with Crippen LogP contribution in [0.25, 0.3) is 0 Å². The monoisotopic (exact) mass is 407 g/mol. The van der Waals surface area contributed by atoms with E-state index in [-0.39, 0.29) is 5.91 Å². The normalized spacial score (nSPS) is 13.6. The Morgan fingerprint density at radius 1 is 1.17 bits per heavy atom. The van der Waals surface area contributed by atoms with Gasteiger partial charge in [-0.25, -0.2) is 4.98 Å². The first kappa shape index (κ1) is 19.6. The number of pyridine rings is 1. The van der Waals surface area contributed by atoms with Crippen molar-refractivity contribution in [1.29, 1.82) is 0 Å². The summed E-state index contributed by atoms with van der Waals surface area (Å²) >= 11 is 1.53. The summed E-state index contributed by atoms with van der Waals surface area (Å²) in [6, 6.07) is 9.93. The number of nitrogens with zero attached hydrogens (tertiary/aromatic N) is 4. The zero-order chi connectivity index (χ0) is 20.2. The fraction of sp³-hybridized carbons (Fsp3) is 0.364. The first-order valence-electron chi connectivity index (χ1n) is 10.0. The molecule has 1 N–H and O–H groups in total. The van der Waals surface area contributed by atoms with Crippen LogP contribution < -0.4 is 5.32 Å². The van der Waals surface area contributed by atoms with E-state index in [1.165, 1.54) is 29.3 Å². The molecule has 7 heteroatoms. The first-order chi connectivity index (χ1) is 14.1. The molecule has 2 aromatic heterocycles. The molecule has 0 bridgehead atoms. The molecule has 1 amide bonds. The molecule has 0 spiro atoms. The van der Waals surface area contributed by atoms with Gasteiger partial charge in [-0.1, -0.05) is 30.3 Å². The first-order valence-corrected chi connectivity index (χ1v) is 10.8. The molecule has 1 aliphatic rings. The largest absolute Gasteiger partial charge is 0.345 e. The molecule has 0 unspecified atom stereocenters. The van der Waals surface area contributed by atoms with Crippen molar-refractivity contribution in [2.75, 3.05) is 0 Å². The fourth-order valence-electron chi connectivity index (χ4n) is 3.50. The second kappa shape index (κ2) is 8.78. The average molecular weight is 408 g/mol. The van der Waals surface area contributed by atoms with Crippen LogP contribution in [0.15, 0.2) is 46.5 Å². The Morgan fingerprint density at radius 3 is 2.97 bits per heavy atom. The standard InChI is InChI=1S/C22H25N5OS/c1-15-9-10-16(2)18(13-15)29-22-17(7-6-11-23-22)21(28)24-14-20-26-25-19-8-4-3-5-12-27(19)20/h6-7,9-11,13H,3-5,8,12,14H2,1-2H3,(H,24,28). The predicted octanol–water partition coefficient (Wildman–Crippen LogP) is 4.10. The Bertz CT molecular complexity index is 1030. The van der Waals surface area contributed by atoms with Crippen molar-refractivity contribution in [2.24, 2.45) is 0 Å². The minimum absolute atomic E-state index is 0.142. The molecule has 0 fully saturated rings. The van der Waals surface area contributed by atoms with Crippen LogP contribution in [0.3, 0.4) is 0 Å². The number of aryl methyl sites for hydroxylation is 3. The van der Waals surface area contributed by atoms with Gasteiger partial charge in [0.1, 0.15) is 10.9 Å². The fourth-order valence-corrected chi connectivity index (χ4v) is 4.56. The molecule has 29 heavy (non-hydrogen) atoms. The van der Waals surface area contributed by atoms with Gasteiger partial charge < -0.3 is 9.88 Å². The predicted molar refractivity (Wildman–Crippen MR) is 113 cm³/mol. The molecule has 3 heterocycles. The van der Waals surface area contributed by atoms with E-state index in [4.69, 9.17) is 0 Å². The van der Waals surface area contributed by atoms with Gasteiger partial charge in [-0.15, -0.1) is 10.2 Å². The van der Waals surface area contributed by atoms with E-state index in [1.807, 2.05) is 6.07 Å². The number of nitrogens with one attached hydrogen (secondary N) is 1. The highest BCUT2D eigenvalue weighted by atomic mass is 32.2. The summed E-state index contributed by atoms with van der Waals surface area (Å²) in [5, 5.41) is 12.3. The molecule has 0 atom stereocenters. The van der Waals surface area contributed by atoms with Crippen LogP contribution in [0.1, 0.15) is 52.4 Å². The minimum atomic E-state index is -0.142. The highest BCUT2D eigenvalue weighted by Gasteiger charge is 2.18. The lowest BCUT2D eigenvalue weighted by molar-refractivity contribution is 0.0945. The van der Waals surface area contributed by atoms with Gasteiger partial charge in [0, 0.05) is 24.1 Å². The van der Waals surface area contributed by atoms with E-state index in [9.17, 15) is 4.79 Å². The summed E-state index contributed by atoms with van der Waals surface area (Å²) in [4.78, 5) is 18.5. The second-order valence-electron chi connectivity index (χ2n) is 7.40. The van der Waals surface area contributed by atoms with Gasteiger partial charge in [-0.2, -0.15) is 0 Å². The van der Waals surface area contributed by atoms with Crippen molar-refractivity contribution in [3.05, 3.63) is 64.9 Å². The smallest absolute Gasteiger partial charge is 0.254 e. The van der Waals surface area contributed by atoms with Crippen LogP contribution in [-0.4, -0.2) is 25.7 Å². The van der Waals surface area contributed by atoms with Crippen molar-refractivity contribution in [3.63, 3.8) is 0 Å². The maximum atomic E-state index is 12.9. The third-order valence-electron chi connectivity index (χ3n) is 5.16. The van der Waals surface area contributed by atoms with Crippen molar-refractivity contribution >= 4 is 17.7 Å². The van der Waals surface area contributed by atoms with Crippen molar-refractivity contribution < 1.29 is 4.79 Å². The molecule has 4 rings (SSSR count). The van der Waals surface area contributed by atoms with Crippen LogP contribution in [0.5, 0.6) is 0 Å². The number of hydrogen-bond acceptors (Lipinski definition) is 5. The molecule has 3 aromatic rings. The minimum Gasteiger partial charge on any atom is -0.345 e. The van der Waals surface area contributed by atoms with Gasteiger partial charge in [0.2, 0.25) is 0 Å². The quantitative estimate of drug-likeness (QED) is 0.689. The van der Waals surface area contributed by atoms with Crippen molar-refractivity contribution in [3.8, 4) is 0 Å². The van der Waals surface area contributed by atoms with E-state index in [2.05, 4.69) is 57.1 Å². The summed E-state index contributed by atoms with van der Waals surface area (Å²) in [7, 11) is 0. The van der Waals surface area contributed by atoms with E-state index < -0.39 is 0 Å². The average Bonchev–Trinajstić information content (AvgIpc) is 2.95. The third kappa shape index (κ3) is 4.50. The zero-order valence-corrected chi connectivity index (χ0v) is 17.6. The summed E-state index contributed by atoms with van der Waals surface area (Å²) in [6.07, 6.45) is 6.18. The van der Waals surface area contributed by atoms with Gasteiger partial charge in [-0.3, -0.25) is 4.79 Å². The van der Waals surface area contributed by atoms with Gasteiger partial charge in [0.15, 0.2) is 5.82 Å². The zero-order valence-electron chi connectivity index (χ0n) is 16.8. The maximum absolute atomic E-state index is 12.9. The number of amides is 1. The molecular weight excluding hydrogens is 382 g/mol. The molecule has 0 saturated heterocycles. The van der Waals surface area contributed by atoms with Crippen LogP contribution >= 0.6 is 11.8 Å². The van der Waals surface area contributed by atoms with Crippen molar-refractivity contribution in [2.45, 2.75) is 62.5 Å². The highest BCUT2D eigenvalue weighted by Crippen LogP contribution is 2.31. The van der Waals surface area contributed by atoms with Crippen LogP contribution in [0, 0.1) is 13.8 Å². The van der Waals surface area contributed by atoms with Crippen LogP contribution in [0.4, 0.5) is 0 Å². The third-order valence-corrected chi connectivity index (χ3v) is 6.34. The van der Waals surface area contributed by atoms with E-state index in [0.717, 1.165) is 42.4 Å². The Morgan fingerprint density at radius 2 is 2.07 bits per heavy atom. The lowest BCUT2D eigenvalue weighted by Crippen LogP contribution is -2.25. The molecule has 1 aromatic carbocycles.